The monoisotopic (exact) mass is 635 g/mol. The molecular weight excluding hydrogens is 598 g/mol. The first-order valence-corrected chi connectivity index (χ1v) is 16.2. The first-order valence-electron chi connectivity index (χ1n) is 15.4. The zero-order valence-electron chi connectivity index (χ0n) is 26.7. The first-order chi connectivity index (χ1) is 22.3. The van der Waals surface area contributed by atoms with Crippen molar-refractivity contribution in [3.05, 3.63) is 126 Å². The molecular formula is C37H37N3O5S. The maximum atomic E-state index is 14.1. The lowest BCUT2D eigenvalue weighted by Crippen LogP contribution is -2.40. The Labute approximate surface area is 272 Å². The van der Waals surface area contributed by atoms with Gasteiger partial charge in [-0.15, -0.1) is 0 Å². The Morgan fingerprint density at radius 1 is 1.09 bits per heavy atom. The Hall–Kier alpha value is -4.94. The van der Waals surface area contributed by atoms with Gasteiger partial charge in [-0.3, -0.25) is 9.36 Å². The number of nitrogens with zero attached hydrogens (tertiary/aromatic N) is 3. The molecule has 0 N–H and O–H groups in total. The average Bonchev–Trinajstić information content (AvgIpc) is 3.37. The van der Waals surface area contributed by atoms with Crippen molar-refractivity contribution >= 4 is 23.4 Å². The number of aromatic nitrogens is 1. The number of ether oxygens (including phenoxy) is 3. The highest BCUT2D eigenvalue weighted by Gasteiger charge is 2.34. The van der Waals surface area contributed by atoms with Crippen LogP contribution in [0.25, 0.3) is 6.08 Å². The van der Waals surface area contributed by atoms with E-state index in [9.17, 15) is 14.9 Å². The predicted molar refractivity (Wildman–Crippen MR) is 179 cm³/mol. The molecule has 236 valence electrons. The minimum atomic E-state index is -0.665. The molecule has 0 saturated carbocycles. The Morgan fingerprint density at radius 3 is 2.52 bits per heavy atom. The molecule has 9 heteroatoms. The van der Waals surface area contributed by atoms with Crippen molar-refractivity contribution in [2.24, 2.45) is 4.99 Å². The van der Waals surface area contributed by atoms with Crippen molar-refractivity contribution in [2.75, 3.05) is 13.7 Å². The Balaban J connectivity index is 1.58. The molecule has 1 atom stereocenters. The van der Waals surface area contributed by atoms with Gasteiger partial charge in [0.25, 0.3) is 5.56 Å². The second-order valence-corrected chi connectivity index (χ2v) is 12.2. The highest BCUT2D eigenvalue weighted by molar-refractivity contribution is 7.07. The number of methoxy groups -OCH3 is 1. The zero-order chi connectivity index (χ0) is 32.8. The SMILES string of the molecule is CCCC1=C(C(=O)OCC)[C@H](c2ccc(C(C)C)cc2)n2c(s/c(=C/c3ccc(OCc4ccccc4C#N)c(OC)c3)c2=O)=N1. The number of rotatable bonds is 11. The lowest BCUT2D eigenvalue weighted by atomic mass is 9.92. The number of allylic oxidation sites excluding steroid dienone is 1. The Kier molecular flexibility index (Phi) is 10.2. The third-order valence-electron chi connectivity index (χ3n) is 7.82. The van der Waals surface area contributed by atoms with Gasteiger partial charge in [0.1, 0.15) is 6.61 Å². The van der Waals surface area contributed by atoms with E-state index in [0.717, 1.165) is 23.1 Å². The van der Waals surface area contributed by atoms with Crippen molar-refractivity contribution in [3.8, 4) is 17.6 Å². The van der Waals surface area contributed by atoms with E-state index in [1.165, 1.54) is 16.9 Å². The molecule has 0 bridgehead atoms. The molecule has 0 unspecified atom stereocenters. The van der Waals surface area contributed by atoms with Gasteiger partial charge >= 0.3 is 5.97 Å². The minimum Gasteiger partial charge on any atom is -0.493 e. The summed E-state index contributed by atoms with van der Waals surface area (Å²) in [4.78, 5) is 33.0. The number of hydrogen-bond donors (Lipinski definition) is 0. The molecule has 5 rings (SSSR count). The first kappa shape index (κ1) is 32.5. The van der Waals surface area contributed by atoms with Crippen LogP contribution in [0.2, 0.25) is 0 Å². The molecule has 4 aromatic rings. The summed E-state index contributed by atoms with van der Waals surface area (Å²) in [5.41, 5.74) is 4.86. The molecule has 0 saturated heterocycles. The van der Waals surface area contributed by atoms with Gasteiger partial charge < -0.3 is 14.2 Å². The summed E-state index contributed by atoms with van der Waals surface area (Å²) in [5.74, 6) is 0.893. The molecule has 0 radical (unpaired) electrons. The van der Waals surface area contributed by atoms with Crippen molar-refractivity contribution in [2.45, 2.75) is 59.1 Å². The summed E-state index contributed by atoms with van der Waals surface area (Å²) in [7, 11) is 1.56. The van der Waals surface area contributed by atoms with Crippen LogP contribution >= 0.6 is 11.3 Å². The topological polar surface area (TPSA) is 103 Å². The van der Waals surface area contributed by atoms with Gasteiger partial charge in [-0.25, -0.2) is 9.79 Å². The number of benzene rings is 3. The van der Waals surface area contributed by atoms with Gasteiger partial charge in [0.05, 0.1) is 47.2 Å². The van der Waals surface area contributed by atoms with Crippen LogP contribution in [0.5, 0.6) is 11.5 Å². The van der Waals surface area contributed by atoms with E-state index in [2.05, 4.69) is 19.9 Å². The number of nitriles is 1. The van der Waals surface area contributed by atoms with Gasteiger partial charge in [-0.05, 0) is 60.2 Å². The number of fused-ring (bicyclic) bond motifs is 1. The summed E-state index contributed by atoms with van der Waals surface area (Å²) < 4.78 is 19.2. The molecule has 1 aromatic heterocycles. The highest BCUT2D eigenvalue weighted by atomic mass is 32.1. The molecule has 0 fully saturated rings. The quantitative estimate of drug-likeness (QED) is 0.183. The van der Waals surface area contributed by atoms with E-state index in [1.807, 2.05) is 55.5 Å². The summed E-state index contributed by atoms with van der Waals surface area (Å²) >= 11 is 1.29. The molecule has 3 aromatic carbocycles. The molecule has 46 heavy (non-hydrogen) atoms. The highest BCUT2D eigenvalue weighted by Crippen LogP contribution is 2.33. The van der Waals surface area contributed by atoms with Crippen molar-refractivity contribution < 1.29 is 19.0 Å². The van der Waals surface area contributed by atoms with Gasteiger partial charge in [0, 0.05) is 5.56 Å². The minimum absolute atomic E-state index is 0.207. The predicted octanol–water partition coefficient (Wildman–Crippen LogP) is 6.16. The second kappa shape index (κ2) is 14.4. The summed E-state index contributed by atoms with van der Waals surface area (Å²) in [6.07, 6.45) is 3.16. The van der Waals surface area contributed by atoms with Crippen LogP contribution in [0.3, 0.4) is 0 Å². The smallest absolute Gasteiger partial charge is 0.338 e. The van der Waals surface area contributed by atoms with E-state index in [0.29, 0.717) is 50.0 Å². The standard InChI is InChI=1S/C37H37N3O5S/c1-6-10-29-33(36(42)44-7-2)34(26-16-14-25(15-17-26)23(3)4)40-35(41)32(46-37(40)39-29)20-24-13-18-30(31(19-24)43-5)45-22-28-12-9-8-11-27(28)21-38/h8-9,11-20,23,34H,6-7,10,22H2,1-5H3/b32-20+/t34-/m0/s1. The Bertz CT molecular complexity index is 2000. The van der Waals surface area contributed by atoms with Crippen molar-refractivity contribution in [1.82, 2.24) is 4.57 Å². The number of hydrogen-bond acceptors (Lipinski definition) is 8. The van der Waals surface area contributed by atoms with Gasteiger partial charge in [0.15, 0.2) is 16.3 Å². The largest absolute Gasteiger partial charge is 0.493 e. The number of carbonyl (C=O) groups is 1. The van der Waals surface area contributed by atoms with Crippen LogP contribution in [0.1, 0.15) is 80.3 Å². The van der Waals surface area contributed by atoms with Crippen LogP contribution in [-0.4, -0.2) is 24.3 Å². The fraction of sp³-hybridized carbons (Fsp3) is 0.297. The number of thiazole rings is 1. The number of esters is 1. The molecule has 0 amide bonds. The Morgan fingerprint density at radius 2 is 1.85 bits per heavy atom. The van der Waals surface area contributed by atoms with Crippen LogP contribution in [0, 0.1) is 11.3 Å². The van der Waals surface area contributed by atoms with E-state index in [1.54, 1.807) is 42.9 Å². The van der Waals surface area contributed by atoms with Gasteiger partial charge in [-0.2, -0.15) is 5.26 Å². The molecule has 0 spiro atoms. The molecule has 1 aliphatic rings. The van der Waals surface area contributed by atoms with Gasteiger partial charge in [0.2, 0.25) is 0 Å². The fourth-order valence-corrected chi connectivity index (χ4v) is 6.47. The van der Waals surface area contributed by atoms with E-state index < -0.39 is 12.0 Å². The maximum absolute atomic E-state index is 14.1. The summed E-state index contributed by atoms with van der Waals surface area (Å²) in [6, 6.07) is 22.3. The zero-order valence-corrected chi connectivity index (χ0v) is 27.5. The molecule has 2 heterocycles. The molecule has 1 aliphatic heterocycles. The maximum Gasteiger partial charge on any atom is 0.338 e. The summed E-state index contributed by atoms with van der Waals surface area (Å²) in [6.45, 7) is 8.49. The summed E-state index contributed by atoms with van der Waals surface area (Å²) in [5, 5.41) is 9.40. The third kappa shape index (κ3) is 6.68. The average molecular weight is 636 g/mol. The fourth-order valence-electron chi connectivity index (χ4n) is 5.45. The van der Waals surface area contributed by atoms with Crippen LogP contribution in [0.15, 0.2) is 87.8 Å². The van der Waals surface area contributed by atoms with Crippen molar-refractivity contribution in [1.29, 1.82) is 5.26 Å². The lowest BCUT2D eigenvalue weighted by Gasteiger charge is -2.26. The second-order valence-electron chi connectivity index (χ2n) is 11.2. The van der Waals surface area contributed by atoms with E-state index in [4.69, 9.17) is 19.2 Å². The molecule has 8 nitrogen and oxygen atoms in total. The van der Waals surface area contributed by atoms with Gasteiger partial charge in [-0.1, -0.05) is 87.1 Å². The lowest BCUT2D eigenvalue weighted by molar-refractivity contribution is -0.139. The van der Waals surface area contributed by atoms with Crippen LogP contribution in [-0.2, 0) is 16.1 Å². The van der Waals surface area contributed by atoms with Crippen molar-refractivity contribution in [3.63, 3.8) is 0 Å². The molecule has 0 aliphatic carbocycles. The normalized spacial score (nSPS) is 14.5. The van der Waals surface area contributed by atoms with Crippen LogP contribution < -0.4 is 24.4 Å². The van der Waals surface area contributed by atoms with E-state index in [-0.39, 0.29) is 18.8 Å². The number of carbonyl (C=O) groups excluding carboxylic acids is 1. The van der Waals surface area contributed by atoms with Crippen LogP contribution in [0.4, 0.5) is 0 Å². The third-order valence-corrected chi connectivity index (χ3v) is 8.80. The van der Waals surface area contributed by atoms with E-state index >= 15 is 0 Å².